The molecule has 6 nitrogen and oxygen atoms in total. The van der Waals surface area contributed by atoms with Crippen LogP contribution >= 0.6 is 0 Å². The molecule has 2 heterocycles. The van der Waals surface area contributed by atoms with Crippen LogP contribution in [0.4, 0.5) is 5.69 Å². The van der Waals surface area contributed by atoms with E-state index in [1.807, 2.05) is 41.2 Å². The molecule has 1 aromatic carbocycles. The van der Waals surface area contributed by atoms with Gasteiger partial charge >= 0.3 is 0 Å². The molecular formula is C19H22N4O2S. The number of nitrogens with zero attached hydrogens (tertiary/aromatic N) is 3. The highest BCUT2D eigenvalue weighted by Gasteiger charge is 2.31. The summed E-state index contributed by atoms with van der Waals surface area (Å²) in [6.45, 7) is 5.58. The van der Waals surface area contributed by atoms with Gasteiger partial charge in [-0.15, -0.1) is 0 Å². The summed E-state index contributed by atoms with van der Waals surface area (Å²) in [6.07, 6.45) is 5.18. The molecule has 136 valence electrons. The Morgan fingerprint density at radius 1 is 1.08 bits per heavy atom. The number of hydrogen-bond acceptors (Lipinski definition) is 5. The zero-order valence-corrected chi connectivity index (χ0v) is 15.9. The maximum Gasteiger partial charge on any atom is 0.200 e. The van der Waals surface area contributed by atoms with E-state index in [0.29, 0.717) is 6.54 Å². The molecule has 0 saturated heterocycles. The highest BCUT2D eigenvalue weighted by Crippen LogP contribution is 2.24. The van der Waals surface area contributed by atoms with E-state index in [-0.39, 0.29) is 5.03 Å². The van der Waals surface area contributed by atoms with Gasteiger partial charge in [-0.2, -0.15) is 5.10 Å². The second-order valence-electron chi connectivity index (χ2n) is 6.93. The summed E-state index contributed by atoms with van der Waals surface area (Å²) in [6, 6.07) is 13.1. The van der Waals surface area contributed by atoms with E-state index in [4.69, 9.17) is 0 Å². The molecule has 0 aliphatic rings. The lowest BCUT2D eigenvalue weighted by atomic mass is 10.1. The van der Waals surface area contributed by atoms with Gasteiger partial charge in [0.2, 0.25) is 0 Å². The van der Waals surface area contributed by atoms with Gasteiger partial charge in [-0.05, 0) is 50.6 Å². The fourth-order valence-corrected chi connectivity index (χ4v) is 3.52. The largest absolute Gasteiger partial charge is 0.380 e. The van der Waals surface area contributed by atoms with Crippen LogP contribution in [-0.2, 0) is 16.4 Å². The molecule has 0 fully saturated rings. The molecule has 0 aliphatic heterocycles. The number of sulfone groups is 1. The molecule has 0 spiro atoms. The first kappa shape index (κ1) is 18.1. The number of rotatable bonds is 5. The molecule has 3 aromatic rings. The van der Waals surface area contributed by atoms with Gasteiger partial charge in [0.15, 0.2) is 14.9 Å². The quantitative estimate of drug-likeness (QED) is 0.744. The van der Waals surface area contributed by atoms with E-state index in [1.54, 1.807) is 45.3 Å². The van der Waals surface area contributed by atoms with Gasteiger partial charge in [-0.25, -0.2) is 18.1 Å². The van der Waals surface area contributed by atoms with Gasteiger partial charge in [-0.1, -0.05) is 18.2 Å². The predicted molar refractivity (Wildman–Crippen MR) is 102 cm³/mol. The van der Waals surface area contributed by atoms with E-state index in [1.165, 1.54) is 0 Å². The first-order valence-corrected chi connectivity index (χ1v) is 9.80. The minimum Gasteiger partial charge on any atom is -0.380 e. The second kappa shape index (κ2) is 6.92. The number of anilines is 1. The van der Waals surface area contributed by atoms with Crippen LogP contribution in [0.2, 0.25) is 0 Å². The van der Waals surface area contributed by atoms with Gasteiger partial charge in [0.1, 0.15) is 0 Å². The number of nitrogens with one attached hydrogen (secondary N) is 1. The summed E-state index contributed by atoms with van der Waals surface area (Å²) in [4.78, 5) is 4.13. The Hall–Kier alpha value is -2.67. The maximum atomic E-state index is 12.4. The van der Waals surface area contributed by atoms with Gasteiger partial charge < -0.3 is 5.32 Å². The van der Waals surface area contributed by atoms with E-state index in [0.717, 1.165) is 16.9 Å². The standard InChI is InChI=1S/C19H22N4O2S/c1-19(2,3)26(24,25)18-10-9-16(14-21-18)20-13-15-7-4-5-8-17(15)23-12-6-11-22-23/h4-12,14,20H,13H2,1-3H3. The normalized spacial score (nSPS) is 12.1. The molecule has 26 heavy (non-hydrogen) atoms. The fraction of sp³-hybridized carbons (Fsp3) is 0.263. The zero-order valence-electron chi connectivity index (χ0n) is 15.0. The molecule has 0 atom stereocenters. The SMILES string of the molecule is CC(C)(C)S(=O)(=O)c1ccc(NCc2ccccc2-n2cccn2)cn1. The molecule has 0 unspecified atom stereocenters. The third kappa shape index (κ3) is 3.62. The van der Waals surface area contributed by atoms with Gasteiger partial charge in [0.25, 0.3) is 0 Å². The van der Waals surface area contributed by atoms with Crippen LogP contribution in [0.1, 0.15) is 26.3 Å². The van der Waals surface area contributed by atoms with Crippen molar-refractivity contribution in [2.75, 3.05) is 5.32 Å². The fourth-order valence-electron chi connectivity index (χ4n) is 2.45. The van der Waals surface area contributed by atoms with Crippen molar-refractivity contribution in [2.24, 2.45) is 0 Å². The molecule has 3 rings (SSSR count). The first-order valence-electron chi connectivity index (χ1n) is 8.31. The number of para-hydroxylation sites is 1. The van der Waals surface area contributed by atoms with Crippen LogP contribution in [0, 0.1) is 0 Å². The zero-order chi connectivity index (χ0) is 18.8. The molecule has 0 radical (unpaired) electrons. The molecule has 0 aliphatic carbocycles. The maximum absolute atomic E-state index is 12.4. The Morgan fingerprint density at radius 2 is 1.85 bits per heavy atom. The Morgan fingerprint density at radius 3 is 2.46 bits per heavy atom. The summed E-state index contributed by atoms with van der Waals surface area (Å²) in [5.74, 6) is 0. The molecule has 0 saturated carbocycles. The molecule has 7 heteroatoms. The third-order valence-electron chi connectivity index (χ3n) is 4.04. The lowest BCUT2D eigenvalue weighted by Crippen LogP contribution is -2.28. The number of benzene rings is 1. The lowest BCUT2D eigenvalue weighted by Gasteiger charge is -2.18. The second-order valence-corrected chi connectivity index (χ2v) is 9.58. The van der Waals surface area contributed by atoms with Crippen molar-refractivity contribution in [3.05, 3.63) is 66.6 Å². The third-order valence-corrected chi connectivity index (χ3v) is 6.45. The van der Waals surface area contributed by atoms with Gasteiger partial charge in [-0.3, -0.25) is 0 Å². The summed E-state index contributed by atoms with van der Waals surface area (Å²) < 4.78 is 25.8. The van der Waals surface area contributed by atoms with Crippen molar-refractivity contribution >= 4 is 15.5 Å². The van der Waals surface area contributed by atoms with E-state index < -0.39 is 14.6 Å². The van der Waals surface area contributed by atoms with Crippen molar-refractivity contribution in [1.29, 1.82) is 0 Å². The average molecular weight is 370 g/mol. The van der Waals surface area contributed by atoms with Crippen LogP contribution in [-0.4, -0.2) is 27.9 Å². The van der Waals surface area contributed by atoms with Crippen molar-refractivity contribution in [3.63, 3.8) is 0 Å². The summed E-state index contributed by atoms with van der Waals surface area (Å²) in [5.41, 5.74) is 2.82. The summed E-state index contributed by atoms with van der Waals surface area (Å²) in [7, 11) is -3.45. The molecular weight excluding hydrogens is 348 g/mol. The molecule has 1 N–H and O–H groups in total. The molecule has 2 aromatic heterocycles. The number of hydrogen-bond donors (Lipinski definition) is 1. The minimum atomic E-state index is -3.45. The summed E-state index contributed by atoms with van der Waals surface area (Å²) in [5, 5.41) is 7.65. The Labute approximate surface area is 153 Å². The lowest BCUT2D eigenvalue weighted by molar-refractivity contribution is 0.556. The van der Waals surface area contributed by atoms with Crippen molar-refractivity contribution in [3.8, 4) is 5.69 Å². The smallest absolute Gasteiger partial charge is 0.200 e. The Bertz CT molecular complexity index is 973. The van der Waals surface area contributed by atoms with E-state index >= 15 is 0 Å². The van der Waals surface area contributed by atoms with Gasteiger partial charge in [0.05, 0.1) is 22.3 Å². The highest BCUT2D eigenvalue weighted by atomic mass is 32.2. The van der Waals surface area contributed by atoms with E-state index in [9.17, 15) is 8.42 Å². The molecule has 0 bridgehead atoms. The molecule has 0 amide bonds. The van der Waals surface area contributed by atoms with E-state index in [2.05, 4.69) is 15.4 Å². The number of aromatic nitrogens is 3. The monoisotopic (exact) mass is 370 g/mol. The van der Waals surface area contributed by atoms with Crippen LogP contribution in [0.3, 0.4) is 0 Å². The van der Waals surface area contributed by atoms with Crippen molar-refractivity contribution in [2.45, 2.75) is 37.1 Å². The Balaban J connectivity index is 1.76. The summed E-state index contributed by atoms with van der Waals surface area (Å²) >= 11 is 0. The van der Waals surface area contributed by atoms with Gasteiger partial charge in [0, 0.05) is 18.9 Å². The topological polar surface area (TPSA) is 76.9 Å². The van der Waals surface area contributed by atoms with Crippen LogP contribution in [0.5, 0.6) is 0 Å². The van der Waals surface area contributed by atoms with Crippen molar-refractivity contribution in [1.82, 2.24) is 14.8 Å². The van der Waals surface area contributed by atoms with Crippen molar-refractivity contribution < 1.29 is 8.42 Å². The Kier molecular flexibility index (Phi) is 4.82. The predicted octanol–water partition coefficient (Wildman–Crippen LogP) is 3.45. The van der Waals surface area contributed by atoms with Crippen LogP contribution < -0.4 is 5.32 Å². The van der Waals surface area contributed by atoms with Crippen LogP contribution in [0.15, 0.2) is 66.1 Å². The number of pyridine rings is 1. The van der Waals surface area contributed by atoms with Crippen LogP contribution in [0.25, 0.3) is 5.69 Å². The first-order chi connectivity index (χ1) is 12.3. The average Bonchev–Trinajstić information content (AvgIpc) is 3.14. The minimum absolute atomic E-state index is 0.0903. The highest BCUT2D eigenvalue weighted by molar-refractivity contribution is 7.92.